The Morgan fingerprint density at radius 2 is 2.14 bits per heavy atom. The van der Waals surface area contributed by atoms with Gasteiger partial charge in [0.2, 0.25) is 5.91 Å². The van der Waals surface area contributed by atoms with E-state index in [9.17, 15) is 9.59 Å². The third kappa shape index (κ3) is 3.67. The molecule has 0 radical (unpaired) electrons. The van der Waals surface area contributed by atoms with Gasteiger partial charge in [0.15, 0.2) is 0 Å². The highest BCUT2D eigenvalue weighted by atomic mass is 35.5. The fourth-order valence-corrected chi connectivity index (χ4v) is 2.34. The Labute approximate surface area is 128 Å². The molecular weight excluding hydrogens is 294 g/mol. The number of carboxylic acids is 1. The second-order valence-corrected chi connectivity index (χ2v) is 5.71. The Hall–Kier alpha value is -1.75. The van der Waals surface area contributed by atoms with Crippen molar-refractivity contribution in [1.82, 2.24) is 4.90 Å². The number of ether oxygens (including phenoxy) is 1. The monoisotopic (exact) mass is 311 g/mol. The molecule has 1 aromatic rings. The Morgan fingerprint density at radius 3 is 2.71 bits per heavy atom. The average molecular weight is 312 g/mol. The first kappa shape index (κ1) is 15.6. The SMILES string of the molecule is CN(CCCOc1cccc(Cl)c1)C(=O)C1(C(=O)O)CC1. The van der Waals surface area contributed by atoms with Crippen LogP contribution in [0.15, 0.2) is 24.3 Å². The summed E-state index contributed by atoms with van der Waals surface area (Å²) in [5, 5.41) is 9.69. The molecule has 114 valence electrons. The number of nitrogens with zero attached hydrogens (tertiary/aromatic N) is 1. The van der Waals surface area contributed by atoms with Crippen LogP contribution in [0.2, 0.25) is 5.02 Å². The molecule has 6 heteroatoms. The zero-order valence-corrected chi connectivity index (χ0v) is 12.6. The predicted molar refractivity (Wildman–Crippen MR) is 78.5 cm³/mol. The second-order valence-electron chi connectivity index (χ2n) is 5.27. The number of carbonyl (C=O) groups is 2. The van der Waals surface area contributed by atoms with Crippen molar-refractivity contribution in [3.63, 3.8) is 0 Å². The van der Waals surface area contributed by atoms with Crippen LogP contribution in [-0.4, -0.2) is 42.1 Å². The molecule has 0 heterocycles. The zero-order valence-electron chi connectivity index (χ0n) is 11.8. The van der Waals surface area contributed by atoms with Gasteiger partial charge in [-0.25, -0.2) is 0 Å². The number of carbonyl (C=O) groups excluding carboxylic acids is 1. The molecule has 0 unspecified atom stereocenters. The maximum Gasteiger partial charge on any atom is 0.319 e. The molecule has 0 atom stereocenters. The molecule has 1 saturated carbocycles. The summed E-state index contributed by atoms with van der Waals surface area (Å²) in [5.41, 5.74) is -1.16. The summed E-state index contributed by atoms with van der Waals surface area (Å²) >= 11 is 5.85. The number of aliphatic carboxylic acids is 1. The van der Waals surface area contributed by atoms with Gasteiger partial charge in [0.1, 0.15) is 11.2 Å². The highest BCUT2D eigenvalue weighted by Gasteiger charge is 2.58. The van der Waals surface area contributed by atoms with Crippen LogP contribution >= 0.6 is 11.6 Å². The quantitative estimate of drug-likeness (QED) is 0.620. The van der Waals surface area contributed by atoms with Crippen molar-refractivity contribution in [2.45, 2.75) is 19.3 Å². The van der Waals surface area contributed by atoms with E-state index in [1.807, 2.05) is 6.07 Å². The van der Waals surface area contributed by atoms with Gasteiger partial charge in [0.25, 0.3) is 0 Å². The van der Waals surface area contributed by atoms with Gasteiger partial charge in [-0.1, -0.05) is 17.7 Å². The number of halogens is 1. The van der Waals surface area contributed by atoms with Crippen molar-refractivity contribution < 1.29 is 19.4 Å². The summed E-state index contributed by atoms with van der Waals surface area (Å²) < 4.78 is 5.53. The van der Waals surface area contributed by atoms with Crippen molar-refractivity contribution in [3.05, 3.63) is 29.3 Å². The van der Waals surface area contributed by atoms with Gasteiger partial charge >= 0.3 is 5.97 Å². The topological polar surface area (TPSA) is 66.8 Å². The molecule has 1 fully saturated rings. The van der Waals surface area contributed by atoms with E-state index in [1.165, 1.54) is 4.90 Å². The summed E-state index contributed by atoms with van der Waals surface area (Å²) in [6, 6.07) is 7.10. The average Bonchev–Trinajstić information content (AvgIpc) is 3.24. The lowest BCUT2D eigenvalue weighted by molar-refractivity contribution is -0.152. The third-order valence-electron chi connectivity index (χ3n) is 3.62. The third-order valence-corrected chi connectivity index (χ3v) is 3.85. The second kappa shape index (κ2) is 6.35. The lowest BCUT2D eigenvalue weighted by Crippen LogP contribution is -2.39. The molecule has 1 N–H and O–H groups in total. The number of hydrogen-bond acceptors (Lipinski definition) is 3. The first-order valence-electron chi connectivity index (χ1n) is 6.83. The van der Waals surface area contributed by atoms with E-state index in [-0.39, 0.29) is 5.91 Å². The minimum absolute atomic E-state index is 0.308. The van der Waals surface area contributed by atoms with E-state index in [1.54, 1.807) is 25.2 Å². The van der Waals surface area contributed by atoms with E-state index in [0.29, 0.717) is 43.2 Å². The van der Waals surface area contributed by atoms with Gasteiger partial charge in [-0.3, -0.25) is 9.59 Å². The number of hydrogen-bond donors (Lipinski definition) is 1. The van der Waals surface area contributed by atoms with Crippen LogP contribution in [0.1, 0.15) is 19.3 Å². The molecule has 1 aliphatic carbocycles. The number of carboxylic acid groups (broad SMARTS) is 1. The molecule has 1 aliphatic rings. The molecule has 1 aromatic carbocycles. The van der Waals surface area contributed by atoms with Gasteiger partial charge in [-0.15, -0.1) is 0 Å². The van der Waals surface area contributed by atoms with Gasteiger partial charge in [-0.2, -0.15) is 0 Å². The van der Waals surface area contributed by atoms with E-state index >= 15 is 0 Å². The summed E-state index contributed by atoms with van der Waals surface area (Å²) in [6.45, 7) is 0.909. The maximum absolute atomic E-state index is 12.1. The molecule has 0 bridgehead atoms. The molecule has 5 nitrogen and oxygen atoms in total. The number of amides is 1. The minimum atomic E-state index is -1.16. The highest BCUT2D eigenvalue weighted by molar-refractivity contribution is 6.30. The van der Waals surface area contributed by atoms with E-state index in [4.69, 9.17) is 21.4 Å². The first-order chi connectivity index (χ1) is 9.95. The van der Waals surface area contributed by atoms with Gasteiger partial charge < -0.3 is 14.7 Å². The Balaban J connectivity index is 1.74. The molecular formula is C15H18ClNO4. The molecule has 2 rings (SSSR count). The highest BCUT2D eigenvalue weighted by Crippen LogP contribution is 2.47. The zero-order chi connectivity index (χ0) is 15.5. The molecule has 0 saturated heterocycles. The normalized spacial score (nSPS) is 15.3. The Kier molecular flexibility index (Phi) is 4.73. The van der Waals surface area contributed by atoms with E-state index in [2.05, 4.69) is 0 Å². The Bertz CT molecular complexity index is 542. The summed E-state index contributed by atoms with van der Waals surface area (Å²) in [4.78, 5) is 24.6. The van der Waals surface area contributed by atoms with Gasteiger partial charge in [0.05, 0.1) is 6.61 Å². The van der Waals surface area contributed by atoms with Crippen molar-refractivity contribution >= 4 is 23.5 Å². The van der Waals surface area contributed by atoms with Crippen molar-refractivity contribution in [2.24, 2.45) is 5.41 Å². The van der Waals surface area contributed by atoms with Gasteiger partial charge in [0, 0.05) is 18.6 Å². The molecule has 0 aromatic heterocycles. The largest absolute Gasteiger partial charge is 0.493 e. The number of rotatable bonds is 7. The molecule has 1 amide bonds. The smallest absolute Gasteiger partial charge is 0.319 e. The summed E-state index contributed by atoms with van der Waals surface area (Å²) in [5.74, 6) is -0.645. The van der Waals surface area contributed by atoms with Crippen LogP contribution in [0, 0.1) is 5.41 Å². The molecule has 0 spiro atoms. The van der Waals surface area contributed by atoms with Crippen LogP contribution in [0.25, 0.3) is 0 Å². The predicted octanol–water partition coefficient (Wildman–Crippen LogP) is 2.43. The summed E-state index contributed by atoms with van der Waals surface area (Å²) in [6.07, 6.45) is 1.50. The van der Waals surface area contributed by atoms with Gasteiger partial charge in [-0.05, 0) is 37.5 Å². The molecule has 21 heavy (non-hydrogen) atoms. The van der Waals surface area contributed by atoms with E-state index < -0.39 is 11.4 Å². The maximum atomic E-state index is 12.1. The van der Waals surface area contributed by atoms with Crippen molar-refractivity contribution in [3.8, 4) is 5.75 Å². The minimum Gasteiger partial charge on any atom is -0.493 e. The van der Waals surface area contributed by atoms with Crippen molar-refractivity contribution in [1.29, 1.82) is 0 Å². The lowest BCUT2D eigenvalue weighted by atomic mass is 10.1. The Morgan fingerprint density at radius 1 is 1.43 bits per heavy atom. The summed E-state index contributed by atoms with van der Waals surface area (Å²) in [7, 11) is 1.63. The first-order valence-corrected chi connectivity index (χ1v) is 7.21. The standard InChI is InChI=1S/C15H18ClNO4/c1-17(13(18)15(6-7-15)14(19)20)8-3-9-21-12-5-2-4-11(16)10-12/h2,4-5,10H,3,6-9H2,1H3,(H,19,20). The van der Waals surface area contributed by atoms with Crippen LogP contribution in [0.4, 0.5) is 0 Å². The van der Waals surface area contributed by atoms with E-state index in [0.717, 1.165) is 0 Å². The van der Waals surface area contributed by atoms with Crippen LogP contribution in [-0.2, 0) is 9.59 Å². The number of benzene rings is 1. The molecule has 0 aliphatic heterocycles. The fourth-order valence-electron chi connectivity index (χ4n) is 2.16. The van der Waals surface area contributed by atoms with Crippen molar-refractivity contribution in [2.75, 3.05) is 20.2 Å². The lowest BCUT2D eigenvalue weighted by Gasteiger charge is -2.21. The fraction of sp³-hybridized carbons (Fsp3) is 0.467. The van der Waals surface area contributed by atoms with Crippen LogP contribution < -0.4 is 4.74 Å². The van der Waals surface area contributed by atoms with Crippen LogP contribution in [0.3, 0.4) is 0 Å². The van der Waals surface area contributed by atoms with Crippen LogP contribution in [0.5, 0.6) is 5.75 Å².